The van der Waals surface area contributed by atoms with Crippen molar-refractivity contribution in [2.45, 2.75) is 65.1 Å². The lowest BCUT2D eigenvalue weighted by molar-refractivity contribution is -0.137. The Morgan fingerprint density at radius 2 is 1.52 bits per heavy atom. The van der Waals surface area contributed by atoms with Crippen molar-refractivity contribution < 1.29 is 18.7 Å². The standard InChI is InChI=1S/C15H28N2O3Si/c1-9-13(14(17-16)15(18)19-8)20-21(10(2)3,11(4)5)12(6)7/h9-12H,1-8H3. The quantitative estimate of drug-likeness (QED) is 0.178. The van der Waals surface area contributed by atoms with Crippen molar-refractivity contribution in [3.63, 3.8) is 0 Å². The largest absolute Gasteiger partial charge is 0.537 e. The van der Waals surface area contributed by atoms with Crippen molar-refractivity contribution in [1.29, 1.82) is 0 Å². The average molecular weight is 312 g/mol. The fourth-order valence-electron chi connectivity index (χ4n) is 3.08. The summed E-state index contributed by atoms with van der Waals surface area (Å²) >= 11 is 0. The van der Waals surface area contributed by atoms with Gasteiger partial charge >= 0.3 is 11.7 Å². The molecule has 21 heavy (non-hydrogen) atoms. The second-order valence-electron chi connectivity index (χ2n) is 6.01. The zero-order valence-corrected chi connectivity index (χ0v) is 15.4. The third-order valence-electron chi connectivity index (χ3n) is 3.97. The number of carbonyl (C=O) groups excluding carboxylic acids is 1. The summed E-state index contributed by atoms with van der Waals surface area (Å²) in [6.45, 7) is 14.6. The molecule has 0 aromatic heterocycles. The van der Waals surface area contributed by atoms with Gasteiger partial charge in [0.15, 0.2) is 5.76 Å². The van der Waals surface area contributed by atoms with E-state index in [1.165, 1.54) is 7.11 Å². The van der Waals surface area contributed by atoms with Crippen LogP contribution in [0, 0.1) is 0 Å². The third kappa shape index (κ3) is 4.05. The van der Waals surface area contributed by atoms with Gasteiger partial charge in [-0.05, 0) is 29.6 Å². The van der Waals surface area contributed by atoms with Gasteiger partial charge in [-0.1, -0.05) is 41.5 Å². The minimum atomic E-state index is -2.22. The van der Waals surface area contributed by atoms with Crippen LogP contribution in [0.3, 0.4) is 0 Å². The van der Waals surface area contributed by atoms with Crippen LogP contribution < -0.4 is 0 Å². The van der Waals surface area contributed by atoms with Gasteiger partial charge in [0, 0.05) is 0 Å². The minimum Gasteiger partial charge on any atom is -0.537 e. The van der Waals surface area contributed by atoms with Gasteiger partial charge in [0.2, 0.25) is 0 Å². The van der Waals surface area contributed by atoms with Crippen LogP contribution in [0.4, 0.5) is 0 Å². The molecule has 120 valence electrons. The van der Waals surface area contributed by atoms with Crippen molar-refractivity contribution in [2.24, 2.45) is 0 Å². The SMILES string of the molecule is CC=C(O[Si](C(C)C)(C(C)C)C(C)C)C(=[N+]=[N-])C(=O)OC. The first-order valence-electron chi connectivity index (χ1n) is 7.34. The first kappa shape index (κ1) is 19.6. The van der Waals surface area contributed by atoms with E-state index >= 15 is 0 Å². The summed E-state index contributed by atoms with van der Waals surface area (Å²) in [7, 11) is -0.968. The Hall–Kier alpha value is -1.39. The third-order valence-corrected chi connectivity index (χ3v) is 9.96. The Bertz CT molecular complexity index is 428. The minimum absolute atomic E-state index is 0.182. The van der Waals surface area contributed by atoms with Crippen LogP contribution in [0.15, 0.2) is 11.8 Å². The second-order valence-corrected chi connectivity index (χ2v) is 11.4. The maximum absolute atomic E-state index is 11.7. The molecule has 0 aromatic carbocycles. The van der Waals surface area contributed by atoms with Gasteiger partial charge in [0.1, 0.15) is 0 Å². The molecule has 0 aliphatic carbocycles. The van der Waals surface area contributed by atoms with E-state index in [1.807, 2.05) is 0 Å². The first-order valence-corrected chi connectivity index (χ1v) is 9.48. The summed E-state index contributed by atoms with van der Waals surface area (Å²) < 4.78 is 11.0. The molecule has 0 aromatic rings. The number of nitrogens with zero attached hydrogens (tertiary/aromatic N) is 2. The molecule has 0 saturated carbocycles. The zero-order chi connectivity index (χ0) is 16.8. The highest BCUT2D eigenvalue weighted by atomic mass is 28.4. The average Bonchev–Trinajstić information content (AvgIpc) is 2.41. The number of methoxy groups -OCH3 is 1. The number of rotatable bonds is 7. The van der Waals surface area contributed by atoms with E-state index in [0.29, 0.717) is 22.4 Å². The van der Waals surface area contributed by atoms with E-state index in [-0.39, 0.29) is 5.71 Å². The molecule has 0 amide bonds. The Balaban J connectivity index is 5.82. The second kappa shape index (κ2) is 8.15. The van der Waals surface area contributed by atoms with Gasteiger partial charge in [-0.25, -0.2) is 4.79 Å². The molecular formula is C15H28N2O3Si. The summed E-state index contributed by atoms with van der Waals surface area (Å²) in [5.74, 6) is -0.406. The van der Waals surface area contributed by atoms with Gasteiger partial charge in [0.05, 0.1) is 7.11 Å². The molecule has 0 aliphatic rings. The van der Waals surface area contributed by atoms with E-state index in [0.717, 1.165) is 0 Å². The number of allylic oxidation sites excluding steroid dienone is 1. The number of hydrogen-bond donors (Lipinski definition) is 0. The van der Waals surface area contributed by atoms with Gasteiger partial charge in [0.25, 0.3) is 8.32 Å². The van der Waals surface area contributed by atoms with Crippen LogP contribution in [0.1, 0.15) is 48.5 Å². The zero-order valence-electron chi connectivity index (χ0n) is 14.4. The maximum atomic E-state index is 11.7. The van der Waals surface area contributed by atoms with Crippen LogP contribution in [0.5, 0.6) is 0 Å². The number of hydrogen-bond acceptors (Lipinski definition) is 3. The van der Waals surface area contributed by atoms with E-state index < -0.39 is 14.3 Å². The van der Waals surface area contributed by atoms with Crippen LogP contribution in [-0.2, 0) is 14.0 Å². The first-order chi connectivity index (χ1) is 9.68. The molecule has 0 bridgehead atoms. The molecule has 0 atom stereocenters. The molecule has 0 rings (SSSR count). The molecule has 0 radical (unpaired) electrons. The molecule has 0 spiro atoms. The van der Waals surface area contributed by atoms with Crippen molar-refractivity contribution >= 4 is 20.0 Å². The van der Waals surface area contributed by atoms with Crippen molar-refractivity contribution in [3.8, 4) is 0 Å². The molecular weight excluding hydrogens is 284 g/mol. The van der Waals surface area contributed by atoms with E-state index in [4.69, 9.17) is 9.96 Å². The van der Waals surface area contributed by atoms with Crippen molar-refractivity contribution in [3.05, 3.63) is 17.4 Å². The lowest BCUT2D eigenvalue weighted by Gasteiger charge is -2.42. The number of esters is 1. The van der Waals surface area contributed by atoms with Crippen LogP contribution in [0.25, 0.3) is 5.53 Å². The fourth-order valence-corrected chi connectivity index (χ4v) is 8.38. The Labute approximate surface area is 129 Å². The monoisotopic (exact) mass is 312 g/mol. The van der Waals surface area contributed by atoms with Gasteiger partial charge in [-0.2, -0.15) is 4.79 Å². The lowest BCUT2D eigenvalue weighted by atomic mass is 10.3. The van der Waals surface area contributed by atoms with Crippen LogP contribution >= 0.6 is 0 Å². The van der Waals surface area contributed by atoms with Crippen LogP contribution in [-0.4, -0.2) is 31.9 Å². The van der Waals surface area contributed by atoms with Crippen molar-refractivity contribution in [2.75, 3.05) is 7.11 Å². The molecule has 0 fully saturated rings. The normalized spacial score (nSPS) is 12.6. The smallest absolute Gasteiger partial charge is 0.438 e. The predicted molar refractivity (Wildman–Crippen MR) is 86.5 cm³/mol. The maximum Gasteiger partial charge on any atom is 0.438 e. The topological polar surface area (TPSA) is 71.9 Å². The highest BCUT2D eigenvalue weighted by Gasteiger charge is 2.49. The lowest BCUT2D eigenvalue weighted by Crippen LogP contribution is -2.48. The molecule has 0 saturated heterocycles. The summed E-state index contributed by atoms with van der Waals surface area (Å²) in [6, 6.07) is 0. The molecule has 5 nitrogen and oxygen atoms in total. The Kier molecular flexibility index (Phi) is 7.61. The summed E-state index contributed by atoms with van der Waals surface area (Å²) in [6.07, 6.45) is 1.65. The summed E-state index contributed by atoms with van der Waals surface area (Å²) in [4.78, 5) is 14.8. The fraction of sp³-hybridized carbons (Fsp3) is 0.733. The molecule has 0 unspecified atom stereocenters. The molecule has 0 aliphatic heterocycles. The Morgan fingerprint density at radius 3 is 1.76 bits per heavy atom. The highest BCUT2D eigenvalue weighted by molar-refractivity contribution is 6.78. The van der Waals surface area contributed by atoms with Gasteiger partial charge < -0.3 is 14.7 Å². The molecule has 6 heteroatoms. The van der Waals surface area contributed by atoms with E-state index in [1.54, 1.807) is 13.0 Å². The van der Waals surface area contributed by atoms with E-state index in [9.17, 15) is 4.79 Å². The molecule has 0 heterocycles. The predicted octanol–water partition coefficient (Wildman–Crippen LogP) is 3.93. The Morgan fingerprint density at radius 1 is 1.10 bits per heavy atom. The molecule has 0 N–H and O–H groups in total. The van der Waals surface area contributed by atoms with Crippen LogP contribution in [0.2, 0.25) is 16.6 Å². The van der Waals surface area contributed by atoms with Gasteiger partial charge in [-0.15, -0.1) is 0 Å². The summed E-state index contributed by atoms with van der Waals surface area (Å²) in [5.41, 5.74) is 10.00. The highest BCUT2D eigenvalue weighted by Crippen LogP contribution is 2.43. The summed E-state index contributed by atoms with van der Waals surface area (Å²) in [5, 5.41) is 0. The van der Waals surface area contributed by atoms with Gasteiger partial charge in [-0.3, -0.25) is 0 Å². The van der Waals surface area contributed by atoms with E-state index in [2.05, 4.69) is 51.1 Å². The number of ether oxygens (including phenoxy) is 1. The number of carbonyl (C=O) groups is 1. The van der Waals surface area contributed by atoms with Crippen molar-refractivity contribution in [1.82, 2.24) is 0 Å².